The normalized spacial score (nSPS) is 22.5. The third kappa shape index (κ3) is 4.44. The Balaban J connectivity index is 1.47. The first-order valence-electron chi connectivity index (χ1n) is 6.87. The van der Waals surface area contributed by atoms with E-state index in [1.165, 1.54) is 0 Å². The fraction of sp³-hybridized carbons (Fsp3) is 0.917. The minimum atomic E-state index is -0.0315. The van der Waals surface area contributed by atoms with Gasteiger partial charge in [0, 0.05) is 64.8 Å². The molecule has 0 saturated carbocycles. The van der Waals surface area contributed by atoms with E-state index >= 15 is 0 Å². The summed E-state index contributed by atoms with van der Waals surface area (Å²) >= 11 is 0. The number of amides is 2. The van der Waals surface area contributed by atoms with E-state index in [4.69, 9.17) is 0 Å². The van der Waals surface area contributed by atoms with Crippen LogP contribution in [-0.4, -0.2) is 81.8 Å². The summed E-state index contributed by atoms with van der Waals surface area (Å²) in [4.78, 5) is 16.2. The molecule has 0 bridgehead atoms. The number of urea groups is 1. The first kappa shape index (κ1) is 13.6. The standard InChI is InChI=1S/C12H25N5O/c1-16-4-6-17(7-5-16)3-2-14-12(18)15-10-11-8-13-9-11/h11,13H,2-10H2,1H3,(H2,14,15,18). The number of carbonyl (C=O) groups is 1. The highest BCUT2D eigenvalue weighted by Gasteiger charge is 2.17. The van der Waals surface area contributed by atoms with Crippen molar-refractivity contribution in [1.29, 1.82) is 0 Å². The Morgan fingerprint density at radius 1 is 1.22 bits per heavy atom. The lowest BCUT2D eigenvalue weighted by molar-refractivity contribution is 0.154. The summed E-state index contributed by atoms with van der Waals surface area (Å²) in [5, 5.41) is 9.02. The molecule has 0 spiro atoms. The zero-order valence-corrected chi connectivity index (χ0v) is 11.2. The molecule has 0 aromatic heterocycles. The molecular formula is C12H25N5O. The second-order valence-electron chi connectivity index (χ2n) is 5.31. The summed E-state index contributed by atoms with van der Waals surface area (Å²) in [6.07, 6.45) is 0. The first-order chi connectivity index (χ1) is 8.74. The van der Waals surface area contributed by atoms with Crippen molar-refractivity contribution in [2.45, 2.75) is 0 Å². The van der Waals surface area contributed by atoms with Crippen molar-refractivity contribution in [3.8, 4) is 0 Å². The van der Waals surface area contributed by atoms with Crippen LogP contribution in [-0.2, 0) is 0 Å². The van der Waals surface area contributed by atoms with Gasteiger partial charge in [0.25, 0.3) is 0 Å². The molecule has 2 heterocycles. The van der Waals surface area contributed by atoms with E-state index in [2.05, 4.69) is 32.8 Å². The lowest BCUT2D eigenvalue weighted by Crippen LogP contribution is -2.51. The van der Waals surface area contributed by atoms with Crippen molar-refractivity contribution < 1.29 is 4.79 Å². The molecule has 3 N–H and O–H groups in total. The molecule has 0 aromatic carbocycles. The molecule has 104 valence electrons. The van der Waals surface area contributed by atoms with Gasteiger partial charge < -0.3 is 20.9 Å². The Labute approximate surface area is 109 Å². The van der Waals surface area contributed by atoms with Crippen molar-refractivity contribution in [1.82, 2.24) is 25.8 Å². The summed E-state index contributed by atoms with van der Waals surface area (Å²) in [6.45, 7) is 8.99. The van der Waals surface area contributed by atoms with Crippen LogP contribution in [0.1, 0.15) is 0 Å². The van der Waals surface area contributed by atoms with Gasteiger partial charge in [-0.1, -0.05) is 0 Å². The maximum atomic E-state index is 11.5. The lowest BCUT2D eigenvalue weighted by Gasteiger charge is -2.32. The van der Waals surface area contributed by atoms with Crippen LogP contribution in [0.25, 0.3) is 0 Å². The van der Waals surface area contributed by atoms with Crippen LogP contribution in [0.4, 0.5) is 4.79 Å². The van der Waals surface area contributed by atoms with Gasteiger partial charge in [-0.2, -0.15) is 0 Å². The highest BCUT2D eigenvalue weighted by molar-refractivity contribution is 5.73. The SMILES string of the molecule is CN1CCN(CCNC(=O)NCC2CNC2)CC1. The Morgan fingerprint density at radius 2 is 1.94 bits per heavy atom. The van der Waals surface area contributed by atoms with Gasteiger partial charge in [-0.3, -0.25) is 4.90 Å². The minimum absolute atomic E-state index is 0.0315. The van der Waals surface area contributed by atoms with Crippen LogP contribution in [0, 0.1) is 5.92 Å². The van der Waals surface area contributed by atoms with Gasteiger partial charge in [0.05, 0.1) is 0 Å². The van der Waals surface area contributed by atoms with Crippen molar-refractivity contribution in [2.24, 2.45) is 5.92 Å². The van der Waals surface area contributed by atoms with E-state index in [-0.39, 0.29) is 6.03 Å². The Bertz CT molecular complexity index is 261. The molecule has 2 saturated heterocycles. The minimum Gasteiger partial charge on any atom is -0.338 e. The van der Waals surface area contributed by atoms with Crippen molar-refractivity contribution in [2.75, 3.05) is 66.0 Å². The molecule has 6 nitrogen and oxygen atoms in total. The molecule has 2 rings (SSSR count). The van der Waals surface area contributed by atoms with E-state index in [9.17, 15) is 4.79 Å². The molecule has 0 radical (unpaired) electrons. The maximum Gasteiger partial charge on any atom is 0.314 e. The number of hydrogen-bond acceptors (Lipinski definition) is 4. The van der Waals surface area contributed by atoms with Crippen LogP contribution >= 0.6 is 0 Å². The summed E-state index contributed by atoms with van der Waals surface area (Å²) < 4.78 is 0. The lowest BCUT2D eigenvalue weighted by atomic mass is 10.0. The quantitative estimate of drug-likeness (QED) is 0.575. The second kappa shape index (κ2) is 6.92. The number of hydrogen-bond donors (Lipinski definition) is 3. The topological polar surface area (TPSA) is 59.6 Å². The van der Waals surface area contributed by atoms with Crippen molar-refractivity contribution >= 4 is 6.03 Å². The van der Waals surface area contributed by atoms with Crippen molar-refractivity contribution in [3.63, 3.8) is 0 Å². The molecule has 0 unspecified atom stereocenters. The van der Waals surface area contributed by atoms with Crippen LogP contribution in [0.15, 0.2) is 0 Å². The second-order valence-corrected chi connectivity index (χ2v) is 5.31. The third-order valence-electron chi connectivity index (χ3n) is 3.73. The predicted octanol–water partition coefficient (Wildman–Crippen LogP) is -1.25. The Morgan fingerprint density at radius 3 is 2.56 bits per heavy atom. The van der Waals surface area contributed by atoms with Crippen LogP contribution in [0.3, 0.4) is 0 Å². The Hall–Kier alpha value is -0.850. The highest BCUT2D eigenvalue weighted by Crippen LogP contribution is 1.99. The fourth-order valence-electron chi connectivity index (χ4n) is 2.19. The van der Waals surface area contributed by atoms with Crippen molar-refractivity contribution in [3.05, 3.63) is 0 Å². The molecular weight excluding hydrogens is 230 g/mol. The molecule has 2 aliphatic rings. The zero-order chi connectivity index (χ0) is 12.8. The molecule has 0 atom stereocenters. The smallest absolute Gasteiger partial charge is 0.314 e. The summed E-state index contributed by atoms with van der Waals surface area (Å²) in [7, 11) is 2.15. The first-order valence-corrected chi connectivity index (χ1v) is 6.87. The summed E-state index contributed by atoms with van der Waals surface area (Å²) in [5.41, 5.74) is 0. The number of carbonyl (C=O) groups excluding carboxylic acids is 1. The van der Waals surface area contributed by atoms with Gasteiger partial charge in [0.15, 0.2) is 0 Å². The van der Waals surface area contributed by atoms with E-state index in [0.29, 0.717) is 5.92 Å². The van der Waals surface area contributed by atoms with Gasteiger partial charge in [-0.05, 0) is 7.05 Å². The average Bonchev–Trinajstić information content (AvgIpc) is 2.30. The van der Waals surface area contributed by atoms with Gasteiger partial charge in [-0.25, -0.2) is 4.79 Å². The van der Waals surface area contributed by atoms with E-state index in [1.54, 1.807) is 0 Å². The average molecular weight is 255 g/mol. The van der Waals surface area contributed by atoms with Crippen LogP contribution in [0.2, 0.25) is 0 Å². The zero-order valence-electron chi connectivity index (χ0n) is 11.2. The largest absolute Gasteiger partial charge is 0.338 e. The van der Waals surface area contributed by atoms with Gasteiger partial charge in [-0.15, -0.1) is 0 Å². The predicted molar refractivity (Wildman–Crippen MR) is 71.7 cm³/mol. The molecule has 2 amide bonds. The number of likely N-dealkylation sites (N-methyl/N-ethyl adjacent to an activating group) is 1. The van der Waals surface area contributed by atoms with E-state index < -0.39 is 0 Å². The van der Waals surface area contributed by atoms with Crippen LogP contribution in [0.5, 0.6) is 0 Å². The van der Waals surface area contributed by atoms with Gasteiger partial charge in [0.2, 0.25) is 0 Å². The van der Waals surface area contributed by atoms with Gasteiger partial charge >= 0.3 is 6.03 Å². The molecule has 2 fully saturated rings. The maximum absolute atomic E-state index is 11.5. The monoisotopic (exact) mass is 255 g/mol. The number of nitrogens with one attached hydrogen (secondary N) is 3. The molecule has 0 aliphatic carbocycles. The van der Waals surface area contributed by atoms with Gasteiger partial charge in [0.1, 0.15) is 0 Å². The van der Waals surface area contributed by atoms with E-state index in [1.807, 2.05) is 0 Å². The summed E-state index contributed by atoms with van der Waals surface area (Å²) in [6, 6.07) is -0.0315. The molecule has 18 heavy (non-hydrogen) atoms. The summed E-state index contributed by atoms with van der Waals surface area (Å²) in [5.74, 6) is 0.619. The van der Waals surface area contributed by atoms with Crippen LogP contribution < -0.4 is 16.0 Å². The molecule has 0 aromatic rings. The molecule has 2 aliphatic heterocycles. The highest BCUT2D eigenvalue weighted by atomic mass is 16.2. The number of piperazine rings is 1. The number of rotatable bonds is 5. The number of nitrogens with zero attached hydrogens (tertiary/aromatic N) is 2. The fourth-order valence-corrected chi connectivity index (χ4v) is 2.19. The Kier molecular flexibility index (Phi) is 5.22. The van der Waals surface area contributed by atoms with E-state index in [0.717, 1.165) is 58.9 Å². The molecule has 6 heteroatoms. The third-order valence-corrected chi connectivity index (χ3v) is 3.73.